The average molecular weight is 214 g/mol. The van der Waals surface area contributed by atoms with Gasteiger partial charge in [-0.3, -0.25) is 9.59 Å². The molecule has 0 aromatic carbocycles. The van der Waals surface area contributed by atoms with Crippen molar-refractivity contribution in [2.75, 3.05) is 13.6 Å². The molecule has 0 radical (unpaired) electrons. The van der Waals surface area contributed by atoms with Gasteiger partial charge in [0.15, 0.2) is 0 Å². The lowest BCUT2D eigenvalue weighted by Crippen LogP contribution is -2.39. The van der Waals surface area contributed by atoms with Crippen molar-refractivity contribution in [1.29, 1.82) is 0 Å². The summed E-state index contributed by atoms with van der Waals surface area (Å²) in [4.78, 5) is 22.0. The van der Waals surface area contributed by atoms with E-state index in [1.54, 1.807) is 7.05 Å². The molecule has 0 bridgehead atoms. The van der Waals surface area contributed by atoms with Crippen LogP contribution in [0.15, 0.2) is 0 Å². The number of carbonyl (C=O) groups excluding carboxylic acids is 1. The Balaban J connectivity index is 2.30. The van der Waals surface area contributed by atoms with Crippen molar-refractivity contribution in [1.82, 2.24) is 10.6 Å². The van der Waals surface area contributed by atoms with Crippen molar-refractivity contribution >= 4 is 11.9 Å². The molecule has 15 heavy (non-hydrogen) atoms. The number of rotatable bonds is 7. The van der Waals surface area contributed by atoms with E-state index in [0.29, 0.717) is 18.9 Å². The van der Waals surface area contributed by atoms with Gasteiger partial charge in [0.2, 0.25) is 5.91 Å². The Kier molecular flexibility index (Phi) is 4.55. The number of carbonyl (C=O) groups is 2. The van der Waals surface area contributed by atoms with Crippen LogP contribution in [0.25, 0.3) is 0 Å². The minimum atomic E-state index is -0.846. The van der Waals surface area contributed by atoms with E-state index in [1.807, 2.05) is 0 Å². The topological polar surface area (TPSA) is 78.4 Å². The Morgan fingerprint density at radius 1 is 1.47 bits per heavy atom. The van der Waals surface area contributed by atoms with Gasteiger partial charge in [-0.05, 0) is 25.8 Å². The molecular weight excluding hydrogens is 196 g/mol. The zero-order chi connectivity index (χ0) is 11.3. The average Bonchev–Trinajstić information content (AvgIpc) is 2.96. The molecule has 0 aromatic rings. The smallest absolute Gasteiger partial charge is 0.305 e. The first-order valence-corrected chi connectivity index (χ1v) is 5.29. The van der Waals surface area contributed by atoms with Crippen molar-refractivity contribution in [2.45, 2.75) is 31.7 Å². The quantitative estimate of drug-likeness (QED) is 0.556. The lowest BCUT2D eigenvalue weighted by atomic mass is 10.1. The van der Waals surface area contributed by atoms with Crippen LogP contribution in [-0.4, -0.2) is 36.6 Å². The van der Waals surface area contributed by atoms with Gasteiger partial charge in [-0.25, -0.2) is 0 Å². The molecule has 86 valence electrons. The van der Waals surface area contributed by atoms with E-state index >= 15 is 0 Å². The maximum absolute atomic E-state index is 11.4. The number of hydrogen-bond donors (Lipinski definition) is 3. The Bertz CT molecular complexity index is 239. The van der Waals surface area contributed by atoms with Crippen LogP contribution in [0.4, 0.5) is 0 Å². The van der Waals surface area contributed by atoms with Crippen LogP contribution in [0, 0.1) is 5.92 Å². The summed E-state index contributed by atoms with van der Waals surface area (Å²) in [6.45, 7) is 0.621. The molecule has 1 unspecified atom stereocenters. The predicted molar refractivity (Wildman–Crippen MR) is 55.5 cm³/mol. The zero-order valence-corrected chi connectivity index (χ0v) is 8.95. The van der Waals surface area contributed by atoms with Gasteiger partial charge in [0.05, 0.1) is 6.42 Å². The summed E-state index contributed by atoms with van der Waals surface area (Å²) in [7, 11) is 1.78. The molecule has 1 amide bonds. The van der Waals surface area contributed by atoms with Gasteiger partial charge in [-0.1, -0.05) is 0 Å². The summed E-state index contributed by atoms with van der Waals surface area (Å²) in [6.07, 6.45) is 2.50. The monoisotopic (exact) mass is 214 g/mol. The first-order chi connectivity index (χ1) is 7.13. The molecule has 0 aliphatic heterocycles. The van der Waals surface area contributed by atoms with Crippen molar-refractivity contribution in [3.8, 4) is 0 Å². The van der Waals surface area contributed by atoms with E-state index in [1.165, 1.54) is 0 Å². The predicted octanol–water partition coefficient (Wildman–Crippen LogP) is -0.0346. The van der Waals surface area contributed by atoms with Crippen molar-refractivity contribution in [2.24, 2.45) is 5.92 Å². The third-order valence-electron chi connectivity index (χ3n) is 2.53. The number of aliphatic carboxylic acids is 1. The van der Waals surface area contributed by atoms with Crippen molar-refractivity contribution < 1.29 is 14.7 Å². The summed E-state index contributed by atoms with van der Waals surface area (Å²) in [5.74, 6) is -0.539. The molecule has 0 aromatic heterocycles. The molecule has 1 aliphatic carbocycles. The molecule has 1 atom stereocenters. The second-order valence-corrected chi connectivity index (χ2v) is 3.96. The highest BCUT2D eigenvalue weighted by molar-refractivity contribution is 5.77. The van der Waals surface area contributed by atoms with Crippen LogP contribution >= 0.6 is 0 Å². The molecule has 1 fully saturated rings. The molecule has 1 rings (SSSR count). The molecule has 0 heterocycles. The number of nitrogens with one attached hydrogen (secondary N) is 2. The molecule has 3 N–H and O–H groups in total. The minimum absolute atomic E-state index is 0.0377. The van der Waals surface area contributed by atoms with Crippen LogP contribution in [0.5, 0.6) is 0 Å². The molecule has 5 nitrogen and oxygen atoms in total. The summed E-state index contributed by atoms with van der Waals surface area (Å²) >= 11 is 0. The van der Waals surface area contributed by atoms with E-state index in [4.69, 9.17) is 5.11 Å². The summed E-state index contributed by atoms with van der Waals surface area (Å²) in [5, 5.41) is 14.4. The third-order valence-corrected chi connectivity index (χ3v) is 2.53. The fourth-order valence-electron chi connectivity index (χ4n) is 1.54. The first kappa shape index (κ1) is 12.0. The van der Waals surface area contributed by atoms with E-state index in [9.17, 15) is 9.59 Å². The molecule has 0 saturated heterocycles. The number of carboxylic acid groups (broad SMARTS) is 1. The molecule has 0 spiro atoms. The Morgan fingerprint density at radius 3 is 2.60 bits per heavy atom. The molecule has 5 heteroatoms. The van der Waals surface area contributed by atoms with Crippen LogP contribution in [-0.2, 0) is 9.59 Å². The summed E-state index contributed by atoms with van der Waals surface area (Å²) in [6, 6.07) is -0.174. The van der Waals surface area contributed by atoms with E-state index in [0.717, 1.165) is 12.8 Å². The van der Waals surface area contributed by atoms with Crippen LogP contribution in [0.3, 0.4) is 0 Å². The number of amides is 1. The van der Waals surface area contributed by atoms with E-state index in [-0.39, 0.29) is 18.4 Å². The first-order valence-electron chi connectivity index (χ1n) is 5.29. The highest BCUT2D eigenvalue weighted by Gasteiger charge is 2.33. The maximum Gasteiger partial charge on any atom is 0.305 e. The van der Waals surface area contributed by atoms with Gasteiger partial charge in [-0.2, -0.15) is 0 Å². The van der Waals surface area contributed by atoms with E-state index in [2.05, 4.69) is 10.6 Å². The highest BCUT2D eigenvalue weighted by atomic mass is 16.4. The maximum atomic E-state index is 11.4. The van der Waals surface area contributed by atoms with Crippen LogP contribution in [0.2, 0.25) is 0 Å². The molecular formula is C10H18N2O3. The van der Waals surface area contributed by atoms with Gasteiger partial charge in [0, 0.05) is 19.0 Å². The fourth-order valence-corrected chi connectivity index (χ4v) is 1.54. The summed E-state index contributed by atoms with van der Waals surface area (Å²) < 4.78 is 0. The zero-order valence-electron chi connectivity index (χ0n) is 8.95. The SMILES string of the molecule is CNCCC(=O)NC(CC(=O)O)C1CC1. The van der Waals surface area contributed by atoms with Crippen LogP contribution < -0.4 is 10.6 Å². The van der Waals surface area contributed by atoms with Crippen molar-refractivity contribution in [3.63, 3.8) is 0 Å². The standard InChI is InChI=1S/C10H18N2O3/c1-11-5-4-9(13)12-8(6-10(14)15)7-2-3-7/h7-8,11H,2-6H2,1H3,(H,12,13)(H,14,15). The van der Waals surface area contributed by atoms with Gasteiger partial charge in [0.25, 0.3) is 0 Å². The number of carboxylic acids is 1. The van der Waals surface area contributed by atoms with Crippen molar-refractivity contribution in [3.05, 3.63) is 0 Å². The Hall–Kier alpha value is -1.10. The van der Waals surface area contributed by atoms with Gasteiger partial charge >= 0.3 is 5.97 Å². The van der Waals surface area contributed by atoms with Gasteiger partial charge in [0.1, 0.15) is 0 Å². The second kappa shape index (κ2) is 5.70. The minimum Gasteiger partial charge on any atom is -0.481 e. The molecule has 1 saturated carbocycles. The normalized spacial score (nSPS) is 17.1. The van der Waals surface area contributed by atoms with Crippen LogP contribution in [0.1, 0.15) is 25.7 Å². The van der Waals surface area contributed by atoms with E-state index < -0.39 is 5.97 Å². The lowest BCUT2D eigenvalue weighted by Gasteiger charge is -2.15. The van der Waals surface area contributed by atoms with Gasteiger partial charge < -0.3 is 15.7 Å². The second-order valence-electron chi connectivity index (χ2n) is 3.96. The van der Waals surface area contributed by atoms with Gasteiger partial charge in [-0.15, -0.1) is 0 Å². The largest absolute Gasteiger partial charge is 0.481 e. The summed E-state index contributed by atoms with van der Waals surface area (Å²) in [5.41, 5.74) is 0. The third kappa shape index (κ3) is 4.78. The number of hydrogen-bond acceptors (Lipinski definition) is 3. The Morgan fingerprint density at radius 2 is 2.13 bits per heavy atom. The fraction of sp³-hybridized carbons (Fsp3) is 0.800. The lowest BCUT2D eigenvalue weighted by molar-refractivity contribution is -0.137. The highest BCUT2D eigenvalue weighted by Crippen LogP contribution is 2.34. The Labute approximate surface area is 89.2 Å². The molecule has 1 aliphatic rings.